The Morgan fingerprint density at radius 2 is 1.55 bits per heavy atom. The second kappa shape index (κ2) is 13.7. The second-order valence-corrected chi connectivity index (χ2v) is 11.0. The third-order valence-electron chi connectivity index (χ3n) is 8.14. The number of nitrogens with zero attached hydrogens (tertiary/aromatic N) is 1. The normalized spacial score (nSPS) is 19.8. The summed E-state index contributed by atoms with van der Waals surface area (Å²) in [5, 5.41) is 14.9. The van der Waals surface area contributed by atoms with Gasteiger partial charge < -0.3 is 21.3 Å². The molecule has 1 aromatic heterocycles. The van der Waals surface area contributed by atoms with Gasteiger partial charge in [-0.3, -0.25) is 4.79 Å². The fraction of sp³-hybridized carbons (Fsp3) is 0.500. The van der Waals surface area contributed by atoms with Gasteiger partial charge in [0.1, 0.15) is 0 Å². The molecule has 0 aliphatic carbocycles. The summed E-state index contributed by atoms with van der Waals surface area (Å²) >= 11 is 0. The summed E-state index contributed by atoms with van der Waals surface area (Å²) in [7, 11) is 0. The van der Waals surface area contributed by atoms with Crippen molar-refractivity contribution in [2.24, 2.45) is 11.8 Å². The predicted molar refractivity (Wildman–Crippen MR) is 158 cm³/mol. The van der Waals surface area contributed by atoms with E-state index in [0.717, 1.165) is 78.8 Å². The fourth-order valence-corrected chi connectivity index (χ4v) is 5.91. The van der Waals surface area contributed by atoms with Gasteiger partial charge in [0, 0.05) is 35.3 Å². The Kier molecular flexibility index (Phi) is 9.62. The lowest BCUT2D eigenvalue weighted by atomic mass is 9.95. The average Bonchev–Trinajstić information content (AvgIpc) is 2.98. The molecule has 6 heteroatoms. The zero-order valence-electron chi connectivity index (χ0n) is 22.6. The van der Waals surface area contributed by atoms with E-state index < -0.39 is 0 Å². The first-order valence-corrected chi connectivity index (χ1v) is 14.7. The fourth-order valence-electron chi connectivity index (χ4n) is 5.91. The van der Waals surface area contributed by atoms with Crippen LogP contribution in [0.3, 0.4) is 0 Å². The van der Waals surface area contributed by atoms with Gasteiger partial charge in [0.25, 0.3) is 5.91 Å². The molecule has 38 heavy (non-hydrogen) atoms. The summed E-state index contributed by atoms with van der Waals surface area (Å²) in [5.41, 5.74) is 4.76. The molecule has 4 N–H and O–H groups in total. The first kappa shape index (κ1) is 26.6. The number of pyridine rings is 1. The van der Waals surface area contributed by atoms with Gasteiger partial charge >= 0.3 is 0 Å². The largest absolute Gasteiger partial charge is 0.384 e. The van der Waals surface area contributed by atoms with E-state index in [4.69, 9.17) is 4.98 Å². The van der Waals surface area contributed by atoms with Crippen LogP contribution in [-0.2, 0) is 0 Å². The Morgan fingerprint density at radius 1 is 0.868 bits per heavy atom. The maximum Gasteiger partial charge on any atom is 0.251 e. The van der Waals surface area contributed by atoms with Crippen LogP contribution in [0.4, 0.5) is 5.69 Å². The topological polar surface area (TPSA) is 78.1 Å². The molecule has 5 rings (SSSR count). The molecule has 0 radical (unpaired) electrons. The van der Waals surface area contributed by atoms with Crippen LogP contribution < -0.4 is 21.3 Å². The number of piperidine rings is 2. The number of rotatable bonds is 11. The Morgan fingerprint density at radius 3 is 2.24 bits per heavy atom. The minimum Gasteiger partial charge on any atom is -0.384 e. The Bertz CT molecular complexity index is 1170. The van der Waals surface area contributed by atoms with E-state index >= 15 is 0 Å². The van der Waals surface area contributed by atoms with Crippen LogP contribution in [0.1, 0.15) is 61.7 Å². The summed E-state index contributed by atoms with van der Waals surface area (Å²) in [4.78, 5) is 17.6. The number of hydrogen-bond acceptors (Lipinski definition) is 5. The van der Waals surface area contributed by atoms with E-state index in [1.54, 1.807) is 0 Å². The summed E-state index contributed by atoms with van der Waals surface area (Å²) in [6.45, 7) is 6.29. The van der Waals surface area contributed by atoms with Crippen LogP contribution in [0.25, 0.3) is 22.2 Å². The van der Waals surface area contributed by atoms with E-state index in [1.165, 1.54) is 51.5 Å². The molecule has 6 nitrogen and oxygen atoms in total. The van der Waals surface area contributed by atoms with Gasteiger partial charge in [0.2, 0.25) is 0 Å². The van der Waals surface area contributed by atoms with Crippen molar-refractivity contribution in [3.05, 3.63) is 60.2 Å². The van der Waals surface area contributed by atoms with Crippen LogP contribution in [0, 0.1) is 11.8 Å². The van der Waals surface area contributed by atoms with Crippen LogP contribution in [0.2, 0.25) is 0 Å². The van der Waals surface area contributed by atoms with Crippen molar-refractivity contribution in [2.75, 3.05) is 44.6 Å². The lowest BCUT2D eigenvalue weighted by Crippen LogP contribution is -2.30. The number of carbonyl (C=O) groups is 1. The van der Waals surface area contributed by atoms with Crippen molar-refractivity contribution >= 4 is 22.5 Å². The van der Waals surface area contributed by atoms with E-state index in [2.05, 4.69) is 45.5 Å². The average molecular weight is 514 g/mol. The van der Waals surface area contributed by atoms with Crippen molar-refractivity contribution in [2.45, 2.75) is 51.4 Å². The zero-order valence-corrected chi connectivity index (χ0v) is 22.6. The molecule has 0 saturated carbocycles. The highest BCUT2D eigenvalue weighted by Crippen LogP contribution is 2.29. The number of carbonyl (C=O) groups excluding carboxylic acids is 1. The second-order valence-electron chi connectivity index (χ2n) is 11.0. The van der Waals surface area contributed by atoms with E-state index in [-0.39, 0.29) is 5.91 Å². The highest BCUT2D eigenvalue weighted by Gasteiger charge is 2.14. The Labute approximate surface area is 227 Å². The van der Waals surface area contributed by atoms with Crippen molar-refractivity contribution in [3.63, 3.8) is 0 Å². The third kappa shape index (κ3) is 7.33. The van der Waals surface area contributed by atoms with E-state index in [9.17, 15) is 4.79 Å². The molecule has 1 amide bonds. The quantitative estimate of drug-likeness (QED) is 0.251. The smallest absolute Gasteiger partial charge is 0.251 e. The molecular weight excluding hydrogens is 470 g/mol. The third-order valence-corrected chi connectivity index (χ3v) is 8.14. The summed E-state index contributed by atoms with van der Waals surface area (Å²) in [6.07, 6.45) is 9.86. The predicted octanol–water partition coefficient (Wildman–Crippen LogP) is 5.60. The molecular formula is C32H43N5O. The number of benzene rings is 2. The van der Waals surface area contributed by atoms with E-state index in [0.29, 0.717) is 5.56 Å². The SMILES string of the molecule is O=C(NCCCC1CCCNC1)c1ccc(-c2cc(NCCCC3CCCNC3)c3ccccc3n2)cc1. The highest BCUT2D eigenvalue weighted by atomic mass is 16.1. The number of amides is 1. The van der Waals surface area contributed by atoms with Gasteiger partial charge in [0.05, 0.1) is 11.2 Å². The van der Waals surface area contributed by atoms with Crippen molar-refractivity contribution in [3.8, 4) is 11.3 Å². The maximum absolute atomic E-state index is 12.7. The molecule has 0 spiro atoms. The minimum absolute atomic E-state index is 0.000288. The van der Waals surface area contributed by atoms with Crippen LogP contribution in [-0.4, -0.2) is 50.2 Å². The number of hydrogen-bond donors (Lipinski definition) is 4. The Balaban J connectivity index is 1.18. The molecule has 2 atom stereocenters. The molecule has 3 aromatic rings. The first-order valence-electron chi connectivity index (χ1n) is 14.7. The van der Waals surface area contributed by atoms with Gasteiger partial charge in [-0.15, -0.1) is 0 Å². The standard InChI is InChI=1S/C32H43N5O/c38-32(36-20-6-10-25-8-4-18-34-23-25)27-15-13-26(14-16-27)30-21-31(28-11-1-2-12-29(28)37-30)35-19-5-9-24-7-3-17-33-22-24/h1-2,11-16,21,24-25,33-34H,3-10,17-20,22-23H2,(H,35,37)(H,36,38). The summed E-state index contributed by atoms with van der Waals surface area (Å²) in [5.74, 6) is 1.56. The number of anilines is 1. The summed E-state index contributed by atoms with van der Waals surface area (Å²) in [6, 6.07) is 18.3. The van der Waals surface area contributed by atoms with Crippen molar-refractivity contribution < 1.29 is 4.79 Å². The maximum atomic E-state index is 12.7. The first-order chi connectivity index (χ1) is 18.8. The van der Waals surface area contributed by atoms with E-state index in [1.807, 2.05) is 30.3 Å². The lowest BCUT2D eigenvalue weighted by molar-refractivity contribution is 0.0952. The van der Waals surface area contributed by atoms with Gasteiger partial charge in [-0.25, -0.2) is 4.98 Å². The lowest BCUT2D eigenvalue weighted by Gasteiger charge is -2.22. The highest BCUT2D eigenvalue weighted by molar-refractivity contribution is 5.96. The molecule has 2 aliphatic rings. The zero-order chi connectivity index (χ0) is 26.0. The molecule has 2 aliphatic heterocycles. The van der Waals surface area contributed by atoms with Gasteiger partial charge in [-0.05, 0) is 114 Å². The Hall–Kier alpha value is -2.96. The molecule has 3 heterocycles. The van der Waals surface area contributed by atoms with Gasteiger partial charge in [-0.2, -0.15) is 0 Å². The number of fused-ring (bicyclic) bond motifs is 1. The van der Waals surface area contributed by atoms with Crippen LogP contribution >= 0.6 is 0 Å². The molecule has 0 bridgehead atoms. The number of aromatic nitrogens is 1. The molecule has 202 valence electrons. The van der Waals surface area contributed by atoms with Crippen LogP contribution in [0.15, 0.2) is 54.6 Å². The number of nitrogens with one attached hydrogen (secondary N) is 4. The van der Waals surface area contributed by atoms with Crippen molar-refractivity contribution in [1.82, 2.24) is 20.9 Å². The van der Waals surface area contributed by atoms with Crippen molar-refractivity contribution in [1.29, 1.82) is 0 Å². The monoisotopic (exact) mass is 513 g/mol. The minimum atomic E-state index is 0.000288. The van der Waals surface area contributed by atoms with Gasteiger partial charge in [-0.1, -0.05) is 30.3 Å². The molecule has 2 aromatic carbocycles. The molecule has 2 fully saturated rings. The molecule has 2 unspecified atom stereocenters. The summed E-state index contributed by atoms with van der Waals surface area (Å²) < 4.78 is 0. The molecule has 2 saturated heterocycles. The van der Waals surface area contributed by atoms with Crippen LogP contribution in [0.5, 0.6) is 0 Å². The van der Waals surface area contributed by atoms with Gasteiger partial charge in [0.15, 0.2) is 0 Å². The number of para-hydroxylation sites is 1.